The van der Waals surface area contributed by atoms with Gasteiger partial charge in [-0.15, -0.1) is 0 Å². The van der Waals surface area contributed by atoms with Crippen LogP contribution in [0.5, 0.6) is 0 Å². The molecule has 1 saturated carbocycles. The largest absolute Gasteiger partial charge is 0.460 e. The number of aromatic nitrogens is 2. The van der Waals surface area contributed by atoms with E-state index in [0.29, 0.717) is 102 Å². The molecular weight excluding hydrogens is 1130 g/mol. The minimum atomic E-state index is -2.46. The molecular formula is C67H102N6O15. The van der Waals surface area contributed by atoms with Gasteiger partial charge in [0.2, 0.25) is 11.7 Å². The summed E-state index contributed by atoms with van der Waals surface area (Å²) in [6.07, 6.45) is 12.5. The third-order valence-electron chi connectivity index (χ3n) is 19.3. The van der Waals surface area contributed by atoms with E-state index in [1.165, 1.54) is 12.0 Å². The fourth-order valence-corrected chi connectivity index (χ4v) is 13.6. The van der Waals surface area contributed by atoms with Crippen molar-refractivity contribution >= 4 is 41.3 Å². The van der Waals surface area contributed by atoms with Crippen LogP contribution in [-0.4, -0.2) is 205 Å². The number of aliphatic hydroxyl groups excluding tert-OH is 1. The Morgan fingerprint density at radius 1 is 0.852 bits per heavy atom. The normalized spacial score (nSPS) is 34.9. The Morgan fingerprint density at radius 2 is 1.61 bits per heavy atom. The molecule has 7 rings (SSSR count). The van der Waals surface area contributed by atoms with E-state index in [9.17, 15) is 39.0 Å². The number of piperazine rings is 1. The Bertz CT molecular complexity index is 2660. The first kappa shape index (κ1) is 70.2. The van der Waals surface area contributed by atoms with E-state index >= 15 is 0 Å². The van der Waals surface area contributed by atoms with E-state index in [2.05, 4.69) is 9.80 Å². The number of methoxy groups -OCH3 is 3. The number of carbonyl (C=O) groups excluding carboxylic acids is 6. The van der Waals surface area contributed by atoms with Gasteiger partial charge in [0.1, 0.15) is 36.2 Å². The first-order valence-corrected chi connectivity index (χ1v) is 32.4. The van der Waals surface area contributed by atoms with Gasteiger partial charge in [0.25, 0.3) is 11.7 Å². The molecule has 21 nitrogen and oxygen atoms in total. The molecule has 21 heteroatoms. The second-order valence-corrected chi connectivity index (χ2v) is 25.8. The minimum absolute atomic E-state index is 0.00365. The first-order chi connectivity index (χ1) is 42.1. The molecule has 0 radical (unpaired) electrons. The van der Waals surface area contributed by atoms with Crippen LogP contribution < -0.4 is 4.90 Å². The summed E-state index contributed by atoms with van der Waals surface area (Å²) < 4.78 is 41.9. The fraction of sp³-hybridized carbons (Fsp3) is 0.731. The molecule has 1 aromatic rings. The molecule has 88 heavy (non-hydrogen) atoms. The van der Waals surface area contributed by atoms with Crippen LogP contribution in [0.25, 0.3) is 0 Å². The first-order valence-electron chi connectivity index (χ1n) is 32.4. The van der Waals surface area contributed by atoms with Crippen molar-refractivity contribution in [3.8, 4) is 0 Å². The SMILES string of the molecule is CCOCCN1CCN(c2ncc3c(n2)CCN(C(=O)O[C@@H]2CC[C@@H](C[C@@H](C)[C@@H]4CC(=O)[C@H](C)/C=C(\C)[C@@H](O)[C@@H](OC)C(=O)[C@H](C)C[C@H](C)/C=C/C=C/C=C(\C)[C@@H](OC)C[C@@H]5CC[C@@H](C)[C@@](O)(O5)C(=O)C(=O)N5CCCC[C@H]5C(=O)O4)C[C@H]2OC)C3)CC1. The molecule has 5 aliphatic heterocycles. The van der Waals surface area contributed by atoms with E-state index in [4.69, 9.17) is 43.1 Å². The Labute approximate surface area is 521 Å². The number of aliphatic hydroxyl groups is 2. The summed E-state index contributed by atoms with van der Waals surface area (Å²) >= 11 is 0. The lowest BCUT2D eigenvalue weighted by molar-refractivity contribution is -0.265. The van der Waals surface area contributed by atoms with Crippen molar-refractivity contribution in [1.29, 1.82) is 0 Å². The summed E-state index contributed by atoms with van der Waals surface area (Å²) in [7, 11) is 4.55. The highest BCUT2D eigenvalue weighted by atomic mass is 16.6. The van der Waals surface area contributed by atoms with E-state index < -0.39 is 102 Å². The maximum Gasteiger partial charge on any atom is 0.410 e. The van der Waals surface area contributed by atoms with Crippen molar-refractivity contribution in [1.82, 2.24) is 24.7 Å². The van der Waals surface area contributed by atoms with Gasteiger partial charge in [-0.25, -0.2) is 19.6 Å². The number of hydrogen-bond donors (Lipinski definition) is 2. The molecule has 0 aromatic carbocycles. The molecule has 0 spiro atoms. The van der Waals surface area contributed by atoms with Crippen LogP contribution in [0.2, 0.25) is 0 Å². The van der Waals surface area contributed by atoms with E-state index in [0.717, 1.165) is 56.2 Å². The summed E-state index contributed by atoms with van der Waals surface area (Å²) in [6, 6.07) is -1.19. The third-order valence-corrected chi connectivity index (χ3v) is 19.3. The Hall–Kier alpha value is -5.26. The number of fused-ring (bicyclic) bond motifs is 4. The van der Waals surface area contributed by atoms with E-state index in [-0.39, 0.29) is 42.8 Å². The van der Waals surface area contributed by atoms with Gasteiger partial charge in [-0.1, -0.05) is 71.1 Å². The second kappa shape index (κ2) is 33.2. The number of carbonyl (C=O) groups is 6. The van der Waals surface area contributed by atoms with Gasteiger partial charge < -0.3 is 58.1 Å². The number of anilines is 1. The van der Waals surface area contributed by atoms with Crippen LogP contribution >= 0.6 is 0 Å². The number of Topliss-reactive ketones (excluding diaryl/α,β-unsaturated/α-hetero) is 3. The van der Waals surface area contributed by atoms with Crippen LogP contribution in [0.15, 0.2) is 53.8 Å². The number of cyclic esters (lactones) is 1. The van der Waals surface area contributed by atoms with E-state index in [1.807, 2.05) is 71.2 Å². The van der Waals surface area contributed by atoms with Crippen molar-refractivity contribution in [2.75, 3.05) is 85.3 Å². The molecule has 2 N–H and O–H groups in total. The number of esters is 1. The summed E-state index contributed by atoms with van der Waals surface area (Å²) in [5, 5.41) is 23.7. The molecule has 4 fully saturated rings. The molecule has 1 aliphatic carbocycles. The van der Waals surface area contributed by atoms with Crippen LogP contribution in [-0.2, 0) is 70.1 Å². The quantitative estimate of drug-likeness (QED) is 0.0900. The van der Waals surface area contributed by atoms with Gasteiger partial charge in [0, 0.05) is 123 Å². The highest BCUT2D eigenvalue weighted by molar-refractivity contribution is 6.39. The zero-order chi connectivity index (χ0) is 63.8. The maximum absolute atomic E-state index is 14.8. The predicted molar refractivity (Wildman–Crippen MR) is 331 cm³/mol. The topological polar surface area (TPSA) is 246 Å². The van der Waals surface area contributed by atoms with Crippen molar-refractivity contribution in [2.45, 2.75) is 200 Å². The molecule has 490 valence electrons. The zero-order valence-electron chi connectivity index (χ0n) is 54.3. The molecule has 0 unspecified atom stereocenters. The summed E-state index contributed by atoms with van der Waals surface area (Å²) in [6.45, 7) is 21.3. The number of ketones is 3. The average Bonchev–Trinajstić information content (AvgIpc) is 2.75. The second-order valence-electron chi connectivity index (χ2n) is 25.8. The number of hydrogen-bond acceptors (Lipinski definition) is 19. The molecule has 6 heterocycles. The number of nitrogens with zero attached hydrogens (tertiary/aromatic N) is 6. The van der Waals surface area contributed by atoms with Crippen LogP contribution in [0.3, 0.4) is 0 Å². The molecule has 2 bridgehead atoms. The van der Waals surface area contributed by atoms with Crippen LogP contribution in [0.4, 0.5) is 10.7 Å². The molecule has 3 saturated heterocycles. The summed E-state index contributed by atoms with van der Waals surface area (Å²) in [5.74, 6) is -7.71. The highest BCUT2D eigenvalue weighted by Gasteiger charge is 2.53. The number of allylic oxidation sites excluding steroid dienone is 6. The van der Waals surface area contributed by atoms with Gasteiger partial charge in [-0.05, 0) is 114 Å². The van der Waals surface area contributed by atoms with Crippen molar-refractivity contribution in [3.05, 3.63) is 65.1 Å². The van der Waals surface area contributed by atoms with Crippen LogP contribution in [0.1, 0.15) is 144 Å². The maximum atomic E-state index is 14.8. The number of piperidine rings is 1. The lowest BCUT2D eigenvalue weighted by Gasteiger charge is -2.42. The number of rotatable bonds is 12. The average molecular weight is 1230 g/mol. The summed E-state index contributed by atoms with van der Waals surface area (Å²) in [4.78, 5) is 103. The number of amides is 2. The predicted octanol–water partition coefficient (Wildman–Crippen LogP) is 7.33. The van der Waals surface area contributed by atoms with Gasteiger partial charge in [-0.2, -0.15) is 0 Å². The van der Waals surface area contributed by atoms with Crippen molar-refractivity contribution < 1.29 is 72.1 Å². The lowest BCUT2D eigenvalue weighted by atomic mass is 9.78. The van der Waals surface area contributed by atoms with Crippen LogP contribution in [0, 0.1) is 35.5 Å². The fourth-order valence-electron chi connectivity index (χ4n) is 13.6. The highest BCUT2D eigenvalue weighted by Crippen LogP contribution is 2.39. The standard InChI is InChI=1S/C67H102N6O15/c1-12-85-33-32-70-28-30-71(31-29-70)65-68-40-50-41-72(27-25-52(50)69-65)66(80)87-55-24-22-49(37-58(55)83-10)36-45(5)57-39-54(74)44(4)35-47(7)60(76)61(84-11)59(75)46(6)34-42(2)18-14-13-15-19-43(3)56(82-9)38-51-23-21-48(8)67(81,88-51)62(77)63(78)73-26-17-16-20-53(73)64(79)86-57/h13-15,18-19,35,40,42,44-46,48-49,51,53,55-58,60-61,76,81H,12,16-17,20-34,36-39,41H2,1-11H3/b15-13+,18-14+,43-19+,47-35+/t42-,44-,45-,46-,48-,49+,51+,53+,55-,56+,57+,58-,60-,61+,67-/m1/s1. The Kier molecular flexibility index (Phi) is 26.5. The monoisotopic (exact) mass is 1230 g/mol. The summed E-state index contributed by atoms with van der Waals surface area (Å²) in [5.41, 5.74) is 3.06. The van der Waals surface area contributed by atoms with Crippen molar-refractivity contribution in [2.24, 2.45) is 35.5 Å². The molecule has 2 amide bonds. The van der Waals surface area contributed by atoms with E-state index in [1.54, 1.807) is 46.0 Å². The van der Waals surface area contributed by atoms with Gasteiger partial charge >= 0.3 is 12.1 Å². The Balaban J connectivity index is 1.06. The Morgan fingerprint density at radius 3 is 2.33 bits per heavy atom. The van der Waals surface area contributed by atoms with Crippen molar-refractivity contribution in [3.63, 3.8) is 0 Å². The molecule has 15 atom stereocenters. The number of ether oxygens (including phenoxy) is 7. The molecule has 6 aliphatic rings. The zero-order valence-corrected chi connectivity index (χ0v) is 54.3. The minimum Gasteiger partial charge on any atom is -0.460 e. The lowest BCUT2D eigenvalue weighted by Crippen LogP contribution is -2.61. The van der Waals surface area contributed by atoms with Gasteiger partial charge in [0.15, 0.2) is 5.78 Å². The molecule has 1 aromatic heterocycles. The third kappa shape index (κ3) is 18.2. The smallest absolute Gasteiger partial charge is 0.410 e. The van der Waals surface area contributed by atoms with Gasteiger partial charge in [-0.3, -0.25) is 24.1 Å². The van der Waals surface area contributed by atoms with Gasteiger partial charge in [0.05, 0.1) is 37.2 Å².